The van der Waals surface area contributed by atoms with Crippen molar-refractivity contribution < 1.29 is 27.8 Å². The van der Waals surface area contributed by atoms with Crippen molar-refractivity contribution in [1.29, 1.82) is 0 Å². The molecule has 12 heteroatoms. The number of carbonyl (C=O) groups excluding carboxylic acids is 1. The molecular weight excluding hydrogens is 546 g/mol. The predicted molar refractivity (Wildman–Crippen MR) is 155 cm³/mol. The molecule has 1 amide bonds. The number of nitrogens with zero attached hydrogens (tertiary/aromatic N) is 4. The SMILES string of the molecule is COc1ccc(CN(C)C[C@@H]2Oc3ccc(NS(=O)(=O)c4cn(C)cn4)cc3CC(=O)N([C@H](C)CO)C[C@@H]2C)cc1. The van der Waals surface area contributed by atoms with Crippen LogP contribution >= 0.6 is 0 Å². The van der Waals surface area contributed by atoms with Crippen molar-refractivity contribution >= 4 is 21.6 Å². The first kappa shape index (κ1) is 30.4. The number of benzene rings is 2. The zero-order chi connectivity index (χ0) is 29.7. The lowest BCUT2D eigenvalue weighted by Gasteiger charge is -2.34. The molecule has 2 aromatic carbocycles. The number of hydrogen-bond donors (Lipinski definition) is 2. The molecule has 11 nitrogen and oxygen atoms in total. The first-order chi connectivity index (χ1) is 19.5. The van der Waals surface area contributed by atoms with Crippen LogP contribution in [0.15, 0.2) is 60.0 Å². The largest absolute Gasteiger partial charge is 0.497 e. The number of amides is 1. The molecule has 0 radical (unpaired) electrons. The van der Waals surface area contributed by atoms with E-state index in [1.54, 1.807) is 41.8 Å². The van der Waals surface area contributed by atoms with Crippen LogP contribution in [0.1, 0.15) is 25.0 Å². The van der Waals surface area contributed by atoms with E-state index in [0.717, 1.165) is 11.3 Å². The van der Waals surface area contributed by atoms with E-state index in [1.165, 1.54) is 12.5 Å². The van der Waals surface area contributed by atoms with E-state index in [2.05, 4.69) is 14.6 Å². The van der Waals surface area contributed by atoms with Crippen LogP contribution in [-0.2, 0) is 34.8 Å². The maximum atomic E-state index is 13.5. The number of aliphatic hydroxyl groups excluding tert-OH is 1. The highest BCUT2D eigenvalue weighted by atomic mass is 32.2. The van der Waals surface area contributed by atoms with Gasteiger partial charge in [-0.05, 0) is 49.9 Å². The van der Waals surface area contributed by atoms with Crippen LogP contribution in [0.25, 0.3) is 0 Å². The fourth-order valence-electron chi connectivity index (χ4n) is 4.86. The lowest BCUT2D eigenvalue weighted by molar-refractivity contribution is -0.134. The zero-order valence-electron chi connectivity index (χ0n) is 24.1. The Labute approximate surface area is 241 Å². The number of rotatable bonds is 10. The quantitative estimate of drug-likeness (QED) is 0.372. The molecule has 0 saturated carbocycles. The Morgan fingerprint density at radius 2 is 1.98 bits per heavy atom. The summed E-state index contributed by atoms with van der Waals surface area (Å²) in [6, 6.07) is 12.5. The van der Waals surface area contributed by atoms with Gasteiger partial charge in [0, 0.05) is 50.0 Å². The van der Waals surface area contributed by atoms with Crippen LogP contribution in [-0.4, -0.2) is 84.8 Å². The molecule has 0 saturated heterocycles. The van der Waals surface area contributed by atoms with Crippen LogP contribution in [0.5, 0.6) is 11.5 Å². The third-order valence-corrected chi connectivity index (χ3v) is 8.49. The van der Waals surface area contributed by atoms with Gasteiger partial charge in [-0.3, -0.25) is 14.4 Å². The molecule has 0 fully saturated rings. The summed E-state index contributed by atoms with van der Waals surface area (Å²) in [4.78, 5) is 21.2. The topological polar surface area (TPSA) is 126 Å². The molecular formula is C29H39N5O6S. The van der Waals surface area contributed by atoms with E-state index in [4.69, 9.17) is 9.47 Å². The van der Waals surface area contributed by atoms with E-state index >= 15 is 0 Å². The number of ether oxygens (including phenoxy) is 2. The molecule has 41 heavy (non-hydrogen) atoms. The maximum Gasteiger partial charge on any atom is 0.280 e. The van der Waals surface area contributed by atoms with Crippen LogP contribution in [0.2, 0.25) is 0 Å². The molecule has 1 aliphatic rings. The average molecular weight is 586 g/mol. The molecule has 4 rings (SSSR count). The van der Waals surface area contributed by atoms with Crippen LogP contribution < -0.4 is 14.2 Å². The number of aromatic nitrogens is 2. The van der Waals surface area contributed by atoms with Gasteiger partial charge in [0.15, 0.2) is 5.03 Å². The van der Waals surface area contributed by atoms with Crippen molar-refractivity contribution in [2.75, 3.05) is 38.6 Å². The number of aliphatic hydroxyl groups is 1. The second-order valence-electron chi connectivity index (χ2n) is 10.7. The normalized spacial score (nSPS) is 18.6. The minimum absolute atomic E-state index is 0.0000442. The van der Waals surface area contributed by atoms with Crippen molar-refractivity contribution in [3.63, 3.8) is 0 Å². The lowest BCUT2D eigenvalue weighted by Crippen LogP contribution is -2.47. The summed E-state index contributed by atoms with van der Waals surface area (Å²) in [5, 5.41) is 9.78. The number of sulfonamides is 1. The highest BCUT2D eigenvalue weighted by molar-refractivity contribution is 7.92. The van der Waals surface area contributed by atoms with Gasteiger partial charge < -0.3 is 24.0 Å². The monoisotopic (exact) mass is 585 g/mol. The van der Waals surface area contributed by atoms with Crippen LogP contribution in [0.4, 0.5) is 5.69 Å². The number of aryl methyl sites for hydroxylation is 1. The Morgan fingerprint density at radius 3 is 2.61 bits per heavy atom. The fraction of sp³-hybridized carbons (Fsp3) is 0.448. The summed E-state index contributed by atoms with van der Waals surface area (Å²) < 4.78 is 41.7. The van der Waals surface area contributed by atoms with Gasteiger partial charge in [0.05, 0.1) is 32.5 Å². The molecule has 0 bridgehead atoms. The summed E-state index contributed by atoms with van der Waals surface area (Å²) in [6.45, 7) is 5.36. The number of carbonyl (C=O) groups is 1. The molecule has 1 aromatic heterocycles. The second-order valence-corrected chi connectivity index (χ2v) is 12.4. The smallest absolute Gasteiger partial charge is 0.280 e. The Kier molecular flexibility index (Phi) is 9.57. The zero-order valence-corrected chi connectivity index (χ0v) is 25.0. The predicted octanol–water partition coefficient (Wildman–Crippen LogP) is 2.51. The number of anilines is 1. The number of hydrogen-bond acceptors (Lipinski definition) is 8. The maximum absolute atomic E-state index is 13.5. The highest BCUT2D eigenvalue weighted by Crippen LogP contribution is 2.30. The highest BCUT2D eigenvalue weighted by Gasteiger charge is 2.31. The van der Waals surface area contributed by atoms with Gasteiger partial charge in [0.2, 0.25) is 5.91 Å². The number of fused-ring (bicyclic) bond motifs is 1. The van der Waals surface area contributed by atoms with E-state index < -0.39 is 10.0 Å². The molecule has 1 aliphatic heterocycles. The number of methoxy groups -OCH3 is 1. The number of likely N-dealkylation sites (N-methyl/N-ethyl adjacent to an activating group) is 1. The number of nitrogens with one attached hydrogen (secondary N) is 1. The Morgan fingerprint density at radius 1 is 1.24 bits per heavy atom. The van der Waals surface area contributed by atoms with Gasteiger partial charge in [-0.25, -0.2) is 4.98 Å². The second kappa shape index (κ2) is 12.9. The summed E-state index contributed by atoms with van der Waals surface area (Å²) in [5.41, 5.74) is 1.98. The number of imidazole rings is 1. The molecule has 222 valence electrons. The molecule has 2 N–H and O–H groups in total. The average Bonchev–Trinajstić information content (AvgIpc) is 3.40. The van der Waals surface area contributed by atoms with Crippen LogP contribution in [0.3, 0.4) is 0 Å². The summed E-state index contributed by atoms with van der Waals surface area (Å²) >= 11 is 0. The minimum atomic E-state index is -3.92. The molecule has 0 aliphatic carbocycles. The third-order valence-electron chi connectivity index (χ3n) is 7.23. The van der Waals surface area contributed by atoms with Crippen LogP contribution in [0, 0.1) is 5.92 Å². The minimum Gasteiger partial charge on any atom is -0.497 e. The van der Waals surface area contributed by atoms with E-state index in [9.17, 15) is 18.3 Å². The van der Waals surface area contributed by atoms with Gasteiger partial charge in [-0.15, -0.1) is 0 Å². The van der Waals surface area contributed by atoms with Crippen molar-refractivity contribution in [2.24, 2.45) is 13.0 Å². The first-order valence-corrected chi connectivity index (χ1v) is 15.0. The summed E-state index contributed by atoms with van der Waals surface area (Å²) in [6.07, 6.45) is 2.54. The van der Waals surface area contributed by atoms with Crippen molar-refractivity contribution in [1.82, 2.24) is 19.4 Å². The van der Waals surface area contributed by atoms with Crippen molar-refractivity contribution in [3.8, 4) is 11.5 Å². The fourth-order valence-corrected chi connectivity index (χ4v) is 5.89. The molecule has 0 spiro atoms. The molecule has 3 atom stereocenters. The van der Waals surface area contributed by atoms with Gasteiger partial charge in [-0.1, -0.05) is 19.1 Å². The Bertz CT molecular complexity index is 1440. The Balaban J connectivity index is 1.61. The van der Waals surface area contributed by atoms with Crippen molar-refractivity contribution in [3.05, 3.63) is 66.1 Å². The van der Waals surface area contributed by atoms with Gasteiger partial charge in [0.1, 0.15) is 17.6 Å². The van der Waals surface area contributed by atoms with E-state index in [0.29, 0.717) is 36.6 Å². The van der Waals surface area contributed by atoms with E-state index in [-0.39, 0.29) is 42.0 Å². The van der Waals surface area contributed by atoms with Gasteiger partial charge in [0.25, 0.3) is 10.0 Å². The summed E-state index contributed by atoms with van der Waals surface area (Å²) in [5.74, 6) is 1.10. The third kappa shape index (κ3) is 7.57. The summed E-state index contributed by atoms with van der Waals surface area (Å²) in [7, 11) is 1.42. The van der Waals surface area contributed by atoms with E-state index in [1.807, 2.05) is 45.2 Å². The Hall–Kier alpha value is -3.61. The molecule has 0 unspecified atom stereocenters. The standard InChI is InChI=1S/C29H39N5O6S/c1-20-14-34(21(2)18-35)29(36)13-23-12-24(31-41(37,38)28-17-33(4)19-30-28)8-11-26(23)40-27(20)16-32(3)15-22-6-9-25(39-5)10-7-22/h6-12,17,19-21,27,31,35H,13-16,18H2,1-5H3/t20-,21+,27-/m0/s1. The molecule has 2 heterocycles. The van der Waals surface area contributed by atoms with Gasteiger partial charge >= 0.3 is 0 Å². The first-order valence-electron chi connectivity index (χ1n) is 13.5. The van der Waals surface area contributed by atoms with Crippen molar-refractivity contribution in [2.45, 2.75) is 44.0 Å². The molecule has 3 aromatic rings. The lowest BCUT2D eigenvalue weighted by atomic mass is 10.0. The van der Waals surface area contributed by atoms with Gasteiger partial charge in [-0.2, -0.15) is 8.42 Å².